The molecule has 0 aromatic carbocycles. The van der Waals surface area contributed by atoms with Crippen LogP contribution < -0.4 is 5.32 Å². The third-order valence-electron chi connectivity index (χ3n) is 5.19. The topological polar surface area (TPSA) is 12.0 Å². The number of nitrogens with one attached hydrogen (secondary N) is 1. The van der Waals surface area contributed by atoms with E-state index in [1.807, 2.05) is 0 Å². The summed E-state index contributed by atoms with van der Waals surface area (Å²) in [5.74, 6) is 3.62. The van der Waals surface area contributed by atoms with E-state index in [4.69, 9.17) is 0 Å². The van der Waals surface area contributed by atoms with Gasteiger partial charge in [0.15, 0.2) is 0 Å². The summed E-state index contributed by atoms with van der Waals surface area (Å²) < 4.78 is 0. The van der Waals surface area contributed by atoms with E-state index < -0.39 is 0 Å². The Balaban J connectivity index is 2.67. The van der Waals surface area contributed by atoms with Crippen molar-refractivity contribution in [3.63, 3.8) is 0 Å². The van der Waals surface area contributed by atoms with Gasteiger partial charge in [0.1, 0.15) is 0 Å². The molecule has 0 saturated heterocycles. The number of rotatable bonds is 4. The minimum atomic E-state index is 0.776. The first kappa shape index (κ1) is 16.0. The molecule has 0 spiro atoms. The lowest BCUT2D eigenvalue weighted by Crippen LogP contribution is -2.36. The predicted molar refractivity (Wildman–Crippen MR) is 81.8 cm³/mol. The van der Waals surface area contributed by atoms with Crippen molar-refractivity contribution in [2.75, 3.05) is 6.54 Å². The van der Waals surface area contributed by atoms with Crippen LogP contribution in [-0.4, -0.2) is 12.6 Å². The van der Waals surface area contributed by atoms with Gasteiger partial charge in [-0.05, 0) is 49.5 Å². The van der Waals surface area contributed by atoms with Crippen molar-refractivity contribution >= 4 is 0 Å². The molecule has 1 aliphatic carbocycles. The molecule has 0 amide bonds. The monoisotopic (exact) mass is 253 g/mol. The Morgan fingerprint density at radius 2 is 1.78 bits per heavy atom. The van der Waals surface area contributed by atoms with E-state index in [9.17, 15) is 0 Å². The molecule has 0 aromatic heterocycles. The van der Waals surface area contributed by atoms with Crippen molar-refractivity contribution < 1.29 is 0 Å². The Morgan fingerprint density at radius 1 is 1.06 bits per heavy atom. The molecule has 0 heterocycles. The van der Waals surface area contributed by atoms with Crippen LogP contribution in [0.2, 0.25) is 0 Å². The third kappa shape index (κ3) is 4.57. The van der Waals surface area contributed by atoms with Crippen molar-refractivity contribution in [1.29, 1.82) is 0 Å². The molecular formula is C17H35N. The van der Waals surface area contributed by atoms with Crippen LogP contribution in [0.15, 0.2) is 0 Å². The third-order valence-corrected chi connectivity index (χ3v) is 5.19. The molecule has 1 heteroatoms. The average Bonchev–Trinajstić information content (AvgIpc) is 2.39. The smallest absolute Gasteiger partial charge is 0.00951 e. The zero-order valence-corrected chi connectivity index (χ0v) is 13.3. The molecule has 1 rings (SSSR count). The van der Waals surface area contributed by atoms with Gasteiger partial charge in [0.2, 0.25) is 0 Å². The summed E-state index contributed by atoms with van der Waals surface area (Å²) in [5.41, 5.74) is 0. The summed E-state index contributed by atoms with van der Waals surface area (Å²) >= 11 is 0. The first-order chi connectivity index (χ1) is 8.60. The highest BCUT2D eigenvalue weighted by Crippen LogP contribution is 2.34. The minimum absolute atomic E-state index is 0.776. The molecule has 0 bridgehead atoms. The van der Waals surface area contributed by atoms with Gasteiger partial charge in [-0.2, -0.15) is 0 Å². The molecule has 0 aromatic rings. The van der Waals surface area contributed by atoms with Gasteiger partial charge >= 0.3 is 0 Å². The largest absolute Gasteiger partial charge is 0.314 e. The van der Waals surface area contributed by atoms with Crippen LogP contribution in [0.1, 0.15) is 73.1 Å². The SMILES string of the molecule is CCNC1CCCC(C)C(C(C)C)CCC1CC. The Hall–Kier alpha value is -0.0400. The van der Waals surface area contributed by atoms with Gasteiger partial charge in [-0.1, -0.05) is 53.9 Å². The average molecular weight is 253 g/mol. The van der Waals surface area contributed by atoms with Crippen LogP contribution in [0.5, 0.6) is 0 Å². The Labute approximate surface area is 115 Å². The highest BCUT2D eigenvalue weighted by atomic mass is 14.9. The zero-order chi connectivity index (χ0) is 13.5. The molecule has 1 nitrogen and oxygen atoms in total. The summed E-state index contributed by atoms with van der Waals surface area (Å²) in [6, 6.07) is 0.776. The van der Waals surface area contributed by atoms with E-state index in [1.54, 1.807) is 0 Å². The summed E-state index contributed by atoms with van der Waals surface area (Å²) in [6.07, 6.45) is 8.46. The lowest BCUT2D eigenvalue weighted by Gasteiger charge is -2.29. The Kier molecular flexibility index (Phi) is 7.29. The van der Waals surface area contributed by atoms with Crippen LogP contribution in [0, 0.1) is 23.7 Å². The molecular weight excluding hydrogens is 218 g/mol. The lowest BCUT2D eigenvalue weighted by molar-refractivity contribution is 0.225. The van der Waals surface area contributed by atoms with Gasteiger partial charge < -0.3 is 5.32 Å². The second kappa shape index (κ2) is 8.19. The van der Waals surface area contributed by atoms with Gasteiger partial charge in [-0.25, -0.2) is 0 Å². The second-order valence-electron chi connectivity index (χ2n) is 6.73. The molecule has 1 saturated carbocycles. The molecule has 18 heavy (non-hydrogen) atoms. The van der Waals surface area contributed by atoms with E-state index in [0.717, 1.165) is 36.3 Å². The van der Waals surface area contributed by atoms with Crippen LogP contribution >= 0.6 is 0 Å². The van der Waals surface area contributed by atoms with E-state index in [1.165, 1.54) is 38.5 Å². The highest BCUT2D eigenvalue weighted by molar-refractivity contribution is 4.81. The molecule has 108 valence electrons. The number of hydrogen-bond acceptors (Lipinski definition) is 1. The molecule has 4 unspecified atom stereocenters. The van der Waals surface area contributed by atoms with E-state index >= 15 is 0 Å². The normalized spacial score (nSPS) is 35.0. The first-order valence-electron chi connectivity index (χ1n) is 8.33. The van der Waals surface area contributed by atoms with Gasteiger partial charge in [0, 0.05) is 6.04 Å². The molecule has 1 fully saturated rings. The van der Waals surface area contributed by atoms with Crippen molar-refractivity contribution in [2.24, 2.45) is 23.7 Å². The maximum atomic E-state index is 3.74. The van der Waals surface area contributed by atoms with E-state index in [0.29, 0.717) is 0 Å². The maximum Gasteiger partial charge on any atom is 0.00951 e. The summed E-state index contributed by atoms with van der Waals surface area (Å²) in [6.45, 7) is 13.1. The van der Waals surface area contributed by atoms with E-state index in [-0.39, 0.29) is 0 Å². The highest BCUT2D eigenvalue weighted by Gasteiger charge is 2.27. The summed E-state index contributed by atoms with van der Waals surface area (Å²) in [7, 11) is 0. The molecule has 1 aliphatic rings. The Bertz CT molecular complexity index is 212. The van der Waals surface area contributed by atoms with Gasteiger partial charge in [0.25, 0.3) is 0 Å². The Morgan fingerprint density at radius 3 is 2.33 bits per heavy atom. The quantitative estimate of drug-likeness (QED) is 0.754. The summed E-state index contributed by atoms with van der Waals surface area (Å²) in [4.78, 5) is 0. The van der Waals surface area contributed by atoms with Crippen LogP contribution in [-0.2, 0) is 0 Å². The fourth-order valence-electron chi connectivity index (χ4n) is 4.01. The molecule has 0 radical (unpaired) electrons. The molecule has 1 N–H and O–H groups in total. The van der Waals surface area contributed by atoms with Gasteiger partial charge in [-0.3, -0.25) is 0 Å². The first-order valence-corrected chi connectivity index (χ1v) is 8.33. The van der Waals surface area contributed by atoms with Crippen LogP contribution in [0.4, 0.5) is 0 Å². The minimum Gasteiger partial charge on any atom is -0.314 e. The lowest BCUT2D eigenvalue weighted by atomic mass is 9.78. The van der Waals surface area contributed by atoms with Crippen LogP contribution in [0.25, 0.3) is 0 Å². The fourth-order valence-corrected chi connectivity index (χ4v) is 4.01. The zero-order valence-electron chi connectivity index (χ0n) is 13.3. The van der Waals surface area contributed by atoms with Gasteiger partial charge in [-0.15, -0.1) is 0 Å². The molecule has 4 atom stereocenters. The predicted octanol–water partition coefficient (Wildman–Crippen LogP) is 4.86. The van der Waals surface area contributed by atoms with E-state index in [2.05, 4.69) is 39.9 Å². The summed E-state index contributed by atoms with van der Waals surface area (Å²) in [5, 5.41) is 3.74. The molecule has 0 aliphatic heterocycles. The standard InChI is InChI=1S/C17H35N/c1-6-15-11-12-16(13(3)4)14(5)9-8-10-17(15)18-7-2/h13-18H,6-12H2,1-5H3. The van der Waals surface area contributed by atoms with Crippen LogP contribution in [0.3, 0.4) is 0 Å². The number of hydrogen-bond donors (Lipinski definition) is 1. The van der Waals surface area contributed by atoms with Gasteiger partial charge in [0.05, 0.1) is 0 Å². The maximum absolute atomic E-state index is 3.74. The van der Waals surface area contributed by atoms with Crippen molar-refractivity contribution in [1.82, 2.24) is 5.32 Å². The van der Waals surface area contributed by atoms with Crippen molar-refractivity contribution in [3.8, 4) is 0 Å². The van der Waals surface area contributed by atoms with Crippen molar-refractivity contribution in [3.05, 3.63) is 0 Å². The second-order valence-corrected chi connectivity index (χ2v) is 6.73. The van der Waals surface area contributed by atoms with Crippen molar-refractivity contribution in [2.45, 2.75) is 79.2 Å². The fraction of sp³-hybridized carbons (Fsp3) is 1.00.